The number of nitrogen functional groups attached to an aromatic ring is 1. The molecule has 0 unspecified atom stereocenters. The predicted octanol–water partition coefficient (Wildman–Crippen LogP) is 2.64. The number of pyridine rings is 2. The summed E-state index contributed by atoms with van der Waals surface area (Å²) in [6, 6.07) is 13.0. The SMILES string of the molecule is Nc1ccc(C(=O)Cc2ccnc3ccccc23)nc1. The van der Waals surface area contributed by atoms with E-state index in [2.05, 4.69) is 9.97 Å². The Balaban J connectivity index is 1.93. The van der Waals surface area contributed by atoms with E-state index in [4.69, 9.17) is 5.73 Å². The van der Waals surface area contributed by atoms with Crippen LogP contribution in [0.2, 0.25) is 0 Å². The second-order valence-corrected chi connectivity index (χ2v) is 4.56. The largest absolute Gasteiger partial charge is 0.397 e. The van der Waals surface area contributed by atoms with E-state index in [1.807, 2.05) is 30.3 Å². The second kappa shape index (κ2) is 5.09. The second-order valence-electron chi connectivity index (χ2n) is 4.56. The van der Waals surface area contributed by atoms with Crippen molar-refractivity contribution in [2.45, 2.75) is 6.42 Å². The van der Waals surface area contributed by atoms with E-state index in [1.54, 1.807) is 18.3 Å². The summed E-state index contributed by atoms with van der Waals surface area (Å²) in [5.41, 5.74) is 8.40. The maximum absolute atomic E-state index is 12.2. The van der Waals surface area contributed by atoms with Crippen LogP contribution in [0, 0.1) is 0 Å². The summed E-state index contributed by atoms with van der Waals surface area (Å²) in [4.78, 5) is 20.6. The van der Waals surface area contributed by atoms with Crippen molar-refractivity contribution in [2.75, 3.05) is 5.73 Å². The van der Waals surface area contributed by atoms with Crippen molar-refractivity contribution >= 4 is 22.4 Å². The monoisotopic (exact) mass is 263 g/mol. The van der Waals surface area contributed by atoms with Crippen LogP contribution in [0.5, 0.6) is 0 Å². The molecule has 0 aliphatic rings. The van der Waals surface area contributed by atoms with Gasteiger partial charge in [-0.2, -0.15) is 0 Å². The number of carbonyl (C=O) groups is 1. The highest BCUT2D eigenvalue weighted by atomic mass is 16.1. The van der Waals surface area contributed by atoms with Crippen LogP contribution in [-0.4, -0.2) is 15.8 Å². The Bertz CT molecular complexity index is 761. The van der Waals surface area contributed by atoms with Crippen molar-refractivity contribution in [3.05, 3.63) is 66.1 Å². The molecule has 0 amide bonds. The van der Waals surface area contributed by atoms with Gasteiger partial charge in [0.25, 0.3) is 0 Å². The van der Waals surface area contributed by atoms with E-state index in [0.29, 0.717) is 17.8 Å². The Kier molecular flexibility index (Phi) is 3.13. The normalized spacial score (nSPS) is 10.6. The van der Waals surface area contributed by atoms with Gasteiger partial charge in [0.05, 0.1) is 17.4 Å². The lowest BCUT2D eigenvalue weighted by Crippen LogP contribution is -2.06. The van der Waals surface area contributed by atoms with Gasteiger partial charge in [0, 0.05) is 18.0 Å². The van der Waals surface area contributed by atoms with Crippen molar-refractivity contribution < 1.29 is 4.79 Å². The first-order valence-electron chi connectivity index (χ1n) is 6.31. The summed E-state index contributed by atoms with van der Waals surface area (Å²) in [6.45, 7) is 0. The van der Waals surface area contributed by atoms with Crippen molar-refractivity contribution in [3.63, 3.8) is 0 Å². The first-order valence-corrected chi connectivity index (χ1v) is 6.31. The molecular weight excluding hydrogens is 250 g/mol. The van der Waals surface area contributed by atoms with Crippen LogP contribution in [0.25, 0.3) is 10.9 Å². The highest BCUT2D eigenvalue weighted by Crippen LogP contribution is 2.18. The molecule has 20 heavy (non-hydrogen) atoms. The van der Waals surface area contributed by atoms with E-state index < -0.39 is 0 Å². The third-order valence-electron chi connectivity index (χ3n) is 3.16. The minimum Gasteiger partial charge on any atom is -0.397 e. The van der Waals surface area contributed by atoms with Crippen molar-refractivity contribution in [1.29, 1.82) is 0 Å². The third kappa shape index (κ3) is 2.36. The van der Waals surface area contributed by atoms with Crippen LogP contribution < -0.4 is 5.73 Å². The zero-order valence-electron chi connectivity index (χ0n) is 10.8. The summed E-state index contributed by atoms with van der Waals surface area (Å²) in [5, 5.41) is 0.999. The molecule has 0 spiro atoms. The van der Waals surface area contributed by atoms with Gasteiger partial charge in [-0.05, 0) is 29.8 Å². The number of nitrogens with zero attached hydrogens (tertiary/aromatic N) is 2. The zero-order chi connectivity index (χ0) is 13.9. The molecule has 0 aliphatic carbocycles. The smallest absolute Gasteiger partial charge is 0.185 e. The van der Waals surface area contributed by atoms with E-state index in [0.717, 1.165) is 16.5 Å². The molecule has 0 saturated carbocycles. The molecule has 0 aliphatic heterocycles. The Hall–Kier alpha value is -2.75. The molecule has 4 nitrogen and oxygen atoms in total. The molecule has 2 aromatic heterocycles. The number of nitrogens with two attached hydrogens (primary N) is 1. The molecule has 4 heteroatoms. The molecule has 2 N–H and O–H groups in total. The Morgan fingerprint density at radius 2 is 1.90 bits per heavy atom. The molecular formula is C16H13N3O. The molecule has 0 fully saturated rings. The van der Waals surface area contributed by atoms with Crippen LogP contribution in [-0.2, 0) is 6.42 Å². The lowest BCUT2D eigenvalue weighted by Gasteiger charge is -2.05. The van der Waals surface area contributed by atoms with Gasteiger partial charge in [-0.15, -0.1) is 0 Å². The maximum Gasteiger partial charge on any atom is 0.185 e. The van der Waals surface area contributed by atoms with Gasteiger partial charge in [0.2, 0.25) is 0 Å². The number of para-hydroxylation sites is 1. The van der Waals surface area contributed by atoms with Gasteiger partial charge in [0.1, 0.15) is 5.69 Å². The summed E-state index contributed by atoms with van der Waals surface area (Å²) < 4.78 is 0. The number of hydrogen-bond acceptors (Lipinski definition) is 4. The number of carbonyl (C=O) groups excluding carboxylic acids is 1. The zero-order valence-corrected chi connectivity index (χ0v) is 10.8. The predicted molar refractivity (Wildman–Crippen MR) is 78.4 cm³/mol. The Morgan fingerprint density at radius 3 is 2.70 bits per heavy atom. The quantitative estimate of drug-likeness (QED) is 0.737. The van der Waals surface area contributed by atoms with E-state index in [9.17, 15) is 4.79 Å². The fourth-order valence-electron chi connectivity index (χ4n) is 2.14. The lowest BCUT2D eigenvalue weighted by atomic mass is 10.0. The molecule has 98 valence electrons. The Labute approximate surface area is 116 Å². The minimum atomic E-state index is -0.0265. The molecule has 2 heterocycles. The molecule has 0 atom stereocenters. The number of rotatable bonds is 3. The van der Waals surface area contributed by atoms with Crippen LogP contribution in [0.3, 0.4) is 0 Å². The lowest BCUT2D eigenvalue weighted by molar-refractivity contribution is 0.0988. The average molecular weight is 263 g/mol. The standard InChI is InChI=1S/C16H13N3O/c17-12-5-6-15(19-10-12)16(20)9-11-7-8-18-14-4-2-1-3-13(11)14/h1-8,10H,9,17H2. The van der Waals surface area contributed by atoms with E-state index >= 15 is 0 Å². The average Bonchev–Trinajstić information content (AvgIpc) is 2.48. The summed E-state index contributed by atoms with van der Waals surface area (Å²) in [6.07, 6.45) is 3.53. The van der Waals surface area contributed by atoms with Gasteiger partial charge in [-0.3, -0.25) is 14.8 Å². The molecule has 1 aromatic carbocycles. The first kappa shape index (κ1) is 12.3. The van der Waals surface area contributed by atoms with Gasteiger partial charge < -0.3 is 5.73 Å². The number of aromatic nitrogens is 2. The van der Waals surface area contributed by atoms with Crippen molar-refractivity contribution in [2.24, 2.45) is 0 Å². The van der Waals surface area contributed by atoms with E-state index in [-0.39, 0.29) is 5.78 Å². The van der Waals surface area contributed by atoms with Crippen molar-refractivity contribution in [1.82, 2.24) is 9.97 Å². The van der Waals surface area contributed by atoms with Gasteiger partial charge in [-0.25, -0.2) is 0 Å². The van der Waals surface area contributed by atoms with Crippen molar-refractivity contribution in [3.8, 4) is 0 Å². The van der Waals surface area contributed by atoms with Gasteiger partial charge in [-0.1, -0.05) is 18.2 Å². The fraction of sp³-hybridized carbons (Fsp3) is 0.0625. The highest BCUT2D eigenvalue weighted by Gasteiger charge is 2.10. The number of Topliss-reactive ketones (excluding diaryl/α,β-unsaturated/α-hetero) is 1. The topological polar surface area (TPSA) is 68.9 Å². The first-order chi connectivity index (χ1) is 9.74. The number of ketones is 1. The molecule has 0 radical (unpaired) electrons. The molecule has 3 rings (SSSR count). The number of fused-ring (bicyclic) bond motifs is 1. The fourth-order valence-corrected chi connectivity index (χ4v) is 2.14. The third-order valence-corrected chi connectivity index (χ3v) is 3.16. The van der Waals surface area contributed by atoms with Gasteiger partial charge >= 0.3 is 0 Å². The van der Waals surface area contributed by atoms with Crippen LogP contribution in [0.15, 0.2) is 54.9 Å². The highest BCUT2D eigenvalue weighted by molar-refractivity contribution is 5.98. The number of anilines is 1. The molecule has 0 bridgehead atoms. The van der Waals surface area contributed by atoms with Crippen LogP contribution in [0.1, 0.15) is 16.1 Å². The van der Waals surface area contributed by atoms with Crippen LogP contribution in [0.4, 0.5) is 5.69 Å². The summed E-state index contributed by atoms with van der Waals surface area (Å²) >= 11 is 0. The van der Waals surface area contributed by atoms with Crippen LogP contribution >= 0.6 is 0 Å². The minimum absolute atomic E-state index is 0.0265. The Morgan fingerprint density at radius 1 is 1.05 bits per heavy atom. The molecule has 0 saturated heterocycles. The number of hydrogen-bond donors (Lipinski definition) is 1. The maximum atomic E-state index is 12.2. The molecule has 3 aromatic rings. The number of benzene rings is 1. The van der Waals surface area contributed by atoms with Gasteiger partial charge in [0.15, 0.2) is 5.78 Å². The summed E-state index contributed by atoms with van der Waals surface area (Å²) in [7, 11) is 0. The van der Waals surface area contributed by atoms with E-state index in [1.165, 1.54) is 6.20 Å². The summed E-state index contributed by atoms with van der Waals surface area (Å²) in [5.74, 6) is -0.0265.